The maximum absolute atomic E-state index is 12.2. The van der Waals surface area contributed by atoms with Crippen molar-refractivity contribution in [2.45, 2.75) is 57.2 Å². The molecule has 0 unspecified atom stereocenters. The van der Waals surface area contributed by atoms with Gasteiger partial charge >= 0.3 is 0 Å². The SMILES string of the molecule is Cc1ccccc1Nc1nc(N)nc(CSCC(=O)NC2CCCCCC2)n1. The number of carbonyl (C=O) groups excluding carboxylic acids is 1. The van der Waals surface area contributed by atoms with E-state index in [4.69, 9.17) is 5.73 Å². The molecule has 1 amide bonds. The first kappa shape index (κ1) is 20.4. The number of aryl methyl sites for hydroxylation is 1. The number of nitrogens with two attached hydrogens (primary N) is 1. The van der Waals surface area contributed by atoms with E-state index in [1.807, 2.05) is 31.2 Å². The summed E-state index contributed by atoms with van der Waals surface area (Å²) in [6, 6.07) is 8.22. The topological polar surface area (TPSA) is 106 Å². The Morgan fingerprint density at radius 2 is 1.89 bits per heavy atom. The number of thioether (sulfide) groups is 1. The number of para-hydroxylation sites is 1. The van der Waals surface area contributed by atoms with E-state index in [2.05, 4.69) is 25.6 Å². The molecule has 1 heterocycles. The summed E-state index contributed by atoms with van der Waals surface area (Å²) >= 11 is 1.49. The molecule has 1 aliphatic carbocycles. The molecule has 2 aromatic rings. The number of rotatable bonds is 7. The lowest BCUT2D eigenvalue weighted by Crippen LogP contribution is -2.35. The van der Waals surface area contributed by atoms with E-state index in [0.717, 1.165) is 24.1 Å². The molecule has 0 spiro atoms. The van der Waals surface area contributed by atoms with Gasteiger partial charge in [-0.05, 0) is 31.4 Å². The monoisotopic (exact) mass is 400 g/mol. The van der Waals surface area contributed by atoms with Gasteiger partial charge in [0, 0.05) is 11.7 Å². The molecule has 1 fully saturated rings. The molecule has 8 heteroatoms. The van der Waals surface area contributed by atoms with Crippen molar-refractivity contribution in [3.8, 4) is 0 Å². The van der Waals surface area contributed by atoms with Crippen LogP contribution >= 0.6 is 11.8 Å². The van der Waals surface area contributed by atoms with Crippen molar-refractivity contribution in [3.63, 3.8) is 0 Å². The van der Waals surface area contributed by atoms with Crippen molar-refractivity contribution in [1.29, 1.82) is 0 Å². The van der Waals surface area contributed by atoms with Gasteiger partial charge in [-0.2, -0.15) is 15.0 Å². The van der Waals surface area contributed by atoms with E-state index in [1.165, 1.54) is 37.4 Å². The van der Waals surface area contributed by atoms with Crippen LogP contribution in [0.4, 0.5) is 17.6 Å². The Kier molecular flexibility index (Phi) is 7.47. The summed E-state index contributed by atoms with van der Waals surface area (Å²) in [5.74, 6) is 2.13. The van der Waals surface area contributed by atoms with E-state index in [1.54, 1.807) is 0 Å². The summed E-state index contributed by atoms with van der Waals surface area (Å²) in [6.07, 6.45) is 7.15. The third-order valence-corrected chi connectivity index (χ3v) is 5.70. The van der Waals surface area contributed by atoms with Crippen LogP contribution in [-0.4, -0.2) is 32.7 Å². The number of hydrogen-bond donors (Lipinski definition) is 3. The third kappa shape index (κ3) is 6.37. The number of carbonyl (C=O) groups is 1. The quantitative estimate of drug-likeness (QED) is 0.610. The Morgan fingerprint density at radius 3 is 2.64 bits per heavy atom. The third-order valence-electron chi connectivity index (χ3n) is 4.78. The second-order valence-electron chi connectivity index (χ2n) is 7.12. The van der Waals surface area contributed by atoms with E-state index in [9.17, 15) is 4.79 Å². The Balaban J connectivity index is 1.50. The highest BCUT2D eigenvalue weighted by Crippen LogP contribution is 2.19. The zero-order valence-corrected chi connectivity index (χ0v) is 17.1. The van der Waals surface area contributed by atoms with Crippen molar-refractivity contribution in [2.75, 3.05) is 16.8 Å². The largest absolute Gasteiger partial charge is 0.368 e. The lowest BCUT2D eigenvalue weighted by molar-refractivity contribution is -0.119. The van der Waals surface area contributed by atoms with Gasteiger partial charge in [0.25, 0.3) is 0 Å². The van der Waals surface area contributed by atoms with Gasteiger partial charge in [0.2, 0.25) is 17.8 Å². The number of amides is 1. The average molecular weight is 401 g/mol. The fourth-order valence-corrected chi connectivity index (χ4v) is 4.00. The molecule has 1 saturated carbocycles. The number of hydrogen-bond acceptors (Lipinski definition) is 7. The number of benzene rings is 1. The fourth-order valence-electron chi connectivity index (χ4n) is 3.32. The van der Waals surface area contributed by atoms with Crippen LogP contribution in [0.1, 0.15) is 49.9 Å². The standard InChI is InChI=1S/C20H28N6OS/c1-14-8-6-7-11-16(14)23-20-25-17(24-19(21)26-20)12-28-13-18(27)22-15-9-4-2-3-5-10-15/h6-8,11,15H,2-5,9-10,12-13H2,1H3,(H,22,27)(H3,21,23,24,25,26). The lowest BCUT2D eigenvalue weighted by atomic mass is 10.1. The molecule has 0 atom stereocenters. The van der Waals surface area contributed by atoms with Gasteiger partial charge in [0.05, 0.1) is 11.5 Å². The normalized spacial score (nSPS) is 15.0. The Hall–Kier alpha value is -2.35. The van der Waals surface area contributed by atoms with Gasteiger partial charge in [-0.25, -0.2) is 0 Å². The number of nitrogen functional groups attached to an aromatic ring is 1. The second-order valence-corrected chi connectivity index (χ2v) is 8.11. The second kappa shape index (κ2) is 10.3. The molecule has 0 radical (unpaired) electrons. The maximum Gasteiger partial charge on any atom is 0.232 e. The van der Waals surface area contributed by atoms with Crippen molar-refractivity contribution < 1.29 is 4.79 Å². The lowest BCUT2D eigenvalue weighted by Gasteiger charge is -2.15. The van der Waals surface area contributed by atoms with Crippen LogP contribution in [0.5, 0.6) is 0 Å². The van der Waals surface area contributed by atoms with Crippen LogP contribution in [0, 0.1) is 6.92 Å². The van der Waals surface area contributed by atoms with E-state index in [0.29, 0.717) is 29.3 Å². The maximum atomic E-state index is 12.2. The summed E-state index contributed by atoms with van der Waals surface area (Å²) < 4.78 is 0. The number of nitrogens with one attached hydrogen (secondary N) is 2. The smallest absolute Gasteiger partial charge is 0.232 e. The van der Waals surface area contributed by atoms with Gasteiger partial charge < -0.3 is 16.4 Å². The van der Waals surface area contributed by atoms with E-state index < -0.39 is 0 Å². The van der Waals surface area contributed by atoms with Crippen LogP contribution in [0.2, 0.25) is 0 Å². The van der Waals surface area contributed by atoms with Gasteiger partial charge in [0.1, 0.15) is 5.82 Å². The minimum atomic E-state index is 0.0807. The van der Waals surface area contributed by atoms with Crippen molar-refractivity contribution in [3.05, 3.63) is 35.7 Å². The summed E-state index contributed by atoms with van der Waals surface area (Å²) in [7, 11) is 0. The van der Waals surface area contributed by atoms with Crippen molar-refractivity contribution >= 4 is 35.3 Å². The molecule has 150 valence electrons. The summed E-state index contributed by atoms with van der Waals surface area (Å²) in [5.41, 5.74) is 7.85. The fraction of sp³-hybridized carbons (Fsp3) is 0.500. The first-order chi connectivity index (χ1) is 13.6. The molecule has 4 N–H and O–H groups in total. The highest BCUT2D eigenvalue weighted by atomic mass is 32.2. The molecular weight excluding hydrogens is 372 g/mol. The Morgan fingerprint density at radius 1 is 1.14 bits per heavy atom. The summed E-state index contributed by atoms with van der Waals surface area (Å²) in [4.78, 5) is 25.0. The van der Waals surface area contributed by atoms with Crippen molar-refractivity contribution in [2.24, 2.45) is 0 Å². The Bertz CT molecular complexity index is 792. The van der Waals surface area contributed by atoms with E-state index >= 15 is 0 Å². The molecular formula is C20H28N6OS. The summed E-state index contributed by atoms with van der Waals surface area (Å²) in [5, 5.41) is 6.34. The molecule has 3 rings (SSSR count). The first-order valence-electron chi connectivity index (χ1n) is 9.80. The molecule has 0 saturated heterocycles. The predicted molar refractivity (Wildman–Crippen MR) is 114 cm³/mol. The average Bonchev–Trinajstić information content (AvgIpc) is 2.92. The van der Waals surface area contributed by atoms with Crippen LogP contribution in [-0.2, 0) is 10.5 Å². The van der Waals surface area contributed by atoms with Gasteiger partial charge in [-0.1, -0.05) is 43.9 Å². The Labute approximate surface area is 170 Å². The molecule has 0 aliphatic heterocycles. The molecule has 1 aliphatic rings. The van der Waals surface area contributed by atoms with E-state index in [-0.39, 0.29) is 11.9 Å². The summed E-state index contributed by atoms with van der Waals surface area (Å²) in [6.45, 7) is 2.01. The first-order valence-corrected chi connectivity index (χ1v) is 11.0. The minimum absolute atomic E-state index is 0.0807. The van der Waals surface area contributed by atoms with Gasteiger partial charge in [0.15, 0.2) is 0 Å². The number of aromatic nitrogens is 3. The van der Waals surface area contributed by atoms with Crippen molar-refractivity contribution in [1.82, 2.24) is 20.3 Å². The predicted octanol–water partition coefficient (Wildman–Crippen LogP) is 3.58. The number of anilines is 3. The zero-order valence-electron chi connectivity index (χ0n) is 16.3. The molecule has 28 heavy (non-hydrogen) atoms. The van der Waals surface area contributed by atoms with Gasteiger partial charge in [-0.3, -0.25) is 4.79 Å². The minimum Gasteiger partial charge on any atom is -0.368 e. The zero-order chi connectivity index (χ0) is 19.8. The highest BCUT2D eigenvalue weighted by molar-refractivity contribution is 7.99. The molecule has 0 bridgehead atoms. The van der Waals surface area contributed by atoms with Crippen LogP contribution < -0.4 is 16.4 Å². The highest BCUT2D eigenvalue weighted by Gasteiger charge is 2.15. The number of nitrogens with zero attached hydrogens (tertiary/aromatic N) is 3. The molecule has 1 aromatic heterocycles. The molecule has 7 nitrogen and oxygen atoms in total. The van der Waals surface area contributed by atoms with Crippen LogP contribution in [0.25, 0.3) is 0 Å². The van der Waals surface area contributed by atoms with Gasteiger partial charge in [-0.15, -0.1) is 11.8 Å². The molecule has 1 aromatic carbocycles. The van der Waals surface area contributed by atoms with Crippen LogP contribution in [0.3, 0.4) is 0 Å². The van der Waals surface area contributed by atoms with Crippen LogP contribution in [0.15, 0.2) is 24.3 Å².